The molecule has 0 aromatic heterocycles. The number of methoxy groups -OCH3 is 1. The lowest BCUT2D eigenvalue weighted by atomic mass is 9.59. The number of allylic oxidation sites excluding steroid dienone is 1. The number of carbonyl (C=O) groups is 1. The van der Waals surface area contributed by atoms with E-state index in [1.54, 1.807) is 0 Å². The maximum atomic E-state index is 12.3. The van der Waals surface area contributed by atoms with E-state index in [4.69, 9.17) is 9.16 Å². The zero-order valence-corrected chi connectivity index (χ0v) is 16.2. The molecule has 1 aliphatic carbocycles. The smallest absolute Gasteiger partial charge is 0.312 e. The molecule has 4 heteroatoms. The monoisotopic (exact) mass is 312 g/mol. The summed E-state index contributed by atoms with van der Waals surface area (Å²) in [6.45, 7) is 17.4. The molecule has 21 heavy (non-hydrogen) atoms. The van der Waals surface area contributed by atoms with Crippen molar-refractivity contribution in [3.8, 4) is 0 Å². The van der Waals surface area contributed by atoms with E-state index >= 15 is 0 Å². The van der Waals surface area contributed by atoms with Crippen LogP contribution in [0.15, 0.2) is 12.2 Å². The SMILES string of the molecule is COC(=O)[C@@]1(C)CC=C[C@H](O[Si](C)(C)C(C)(C)C)C1(C)C. The summed E-state index contributed by atoms with van der Waals surface area (Å²) in [5.74, 6) is -0.152. The summed E-state index contributed by atoms with van der Waals surface area (Å²) in [6, 6.07) is 0. The van der Waals surface area contributed by atoms with Gasteiger partial charge in [-0.1, -0.05) is 46.8 Å². The second kappa shape index (κ2) is 5.54. The van der Waals surface area contributed by atoms with Crippen LogP contribution in [0.3, 0.4) is 0 Å². The first-order valence-electron chi connectivity index (χ1n) is 7.72. The van der Waals surface area contributed by atoms with Gasteiger partial charge in [-0.3, -0.25) is 4.79 Å². The molecule has 3 nitrogen and oxygen atoms in total. The van der Waals surface area contributed by atoms with Crippen molar-refractivity contribution in [2.45, 2.75) is 72.2 Å². The van der Waals surface area contributed by atoms with Crippen LogP contribution in [0.4, 0.5) is 0 Å². The summed E-state index contributed by atoms with van der Waals surface area (Å²) in [4.78, 5) is 12.3. The predicted molar refractivity (Wildman–Crippen MR) is 89.7 cm³/mol. The van der Waals surface area contributed by atoms with Gasteiger partial charge >= 0.3 is 5.97 Å². The molecule has 0 fully saturated rings. The molecular weight excluding hydrogens is 280 g/mol. The minimum absolute atomic E-state index is 0.0590. The van der Waals surface area contributed by atoms with Crippen LogP contribution in [0, 0.1) is 10.8 Å². The van der Waals surface area contributed by atoms with Crippen LogP contribution >= 0.6 is 0 Å². The first-order valence-corrected chi connectivity index (χ1v) is 10.6. The molecular formula is C17H32O3Si. The molecule has 0 radical (unpaired) electrons. The number of ether oxygens (including phenoxy) is 1. The number of hydrogen-bond donors (Lipinski definition) is 0. The highest BCUT2D eigenvalue weighted by molar-refractivity contribution is 6.74. The largest absolute Gasteiger partial charge is 0.469 e. The lowest BCUT2D eigenvalue weighted by Crippen LogP contribution is -2.55. The third-order valence-electron chi connectivity index (χ3n) is 5.83. The number of hydrogen-bond acceptors (Lipinski definition) is 3. The Bertz CT molecular complexity index is 432. The van der Waals surface area contributed by atoms with Gasteiger partial charge in [0.2, 0.25) is 0 Å². The first kappa shape index (κ1) is 18.4. The van der Waals surface area contributed by atoms with Crippen LogP contribution < -0.4 is 0 Å². The van der Waals surface area contributed by atoms with Gasteiger partial charge < -0.3 is 9.16 Å². The lowest BCUT2D eigenvalue weighted by molar-refractivity contribution is -0.164. The van der Waals surface area contributed by atoms with Gasteiger partial charge in [-0.25, -0.2) is 0 Å². The van der Waals surface area contributed by atoms with Crippen molar-refractivity contribution in [1.29, 1.82) is 0 Å². The van der Waals surface area contributed by atoms with Gasteiger partial charge in [0.05, 0.1) is 18.6 Å². The third-order valence-corrected chi connectivity index (χ3v) is 10.3. The van der Waals surface area contributed by atoms with Crippen LogP contribution in [0.1, 0.15) is 48.0 Å². The fourth-order valence-corrected chi connectivity index (χ4v) is 3.86. The standard InChI is InChI=1S/C17H32O3Si/c1-15(2,3)21(8,9)20-13-11-10-12-17(6,14(18)19-7)16(13,4)5/h10-11,13H,12H2,1-9H3/t13-,17+/m0/s1. The minimum Gasteiger partial charge on any atom is -0.469 e. The van der Waals surface area contributed by atoms with Gasteiger partial charge in [0, 0.05) is 5.41 Å². The predicted octanol–water partition coefficient (Wildman–Crippen LogP) is 4.54. The van der Waals surface area contributed by atoms with Gasteiger partial charge in [-0.15, -0.1) is 0 Å². The average molecular weight is 313 g/mol. The summed E-state index contributed by atoms with van der Waals surface area (Å²) in [6.07, 6.45) is 4.84. The van der Waals surface area contributed by atoms with Crippen molar-refractivity contribution in [2.24, 2.45) is 10.8 Å². The summed E-state index contributed by atoms with van der Waals surface area (Å²) in [5, 5.41) is 0.149. The summed E-state index contributed by atoms with van der Waals surface area (Å²) < 4.78 is 11.6. The molecule has 0 N–H and O–H groups in total. The van der Waals surface area contributed by atoms with Crippen LogP contribution in [0.2, 0.25) is 18.1 Å². The highest BCUT2D eigenvalue weighted by Crippen LogP contribution is 2.51. The molecule has 0 bridgehead atoms. The maximum absolute atomic E-state index is 12.3. The van der Waals surface area contributed by atoms with Crippen LogP contribution in [-0.2, 0) is 14.0 Å². The molecule has 0 saturated carbocycles. The normalized spacial score (nSPS) is 29.3. The molecule has 122 valence electrons. The van der Waals surface area contributed by atoms with Gasteiger partial charge in [0.25, 0.3) is 0 Å². The Morgan fingerprint density at radius 3 is 2.19 bits per heavy atom. The van der Waals surface area contributed by atoms with E-state index in [-0.39, 0.29) is 22.5 Å². The van der Waals surface area contributed by atoms with E-state index < -0.39 is 13.7 Å². The number of esters is 1. The van der Waals surface area contributed by atoms with E-state index in [0.29, 0.717) is 6.42 Å². The molecule has 0 aromatic carbocycles. The average Bonchev–Trinajstić information content (AvgIpc) is 2.32. The Hall–Kier alpha value is -0.613. The zero-order valence-electron chi connectivity index (χ0n) is 15.2. The highest BCUT2D eigenvalue weighted by Gasteiger charge is 2.55. The van der Waals surface area contributed by atoms with Crippen molar-refractivity contribution >= 4 is 14.3 Å². The topological polar surface area (TPSA) is 35.5 Å². The second-order valence-electron chi connectivity index (χ2n) is 8.48. The van der Waals surface area contributed by atoms with Crippen LogP contribution in [-0.4, -0.2) is 27.5 Å². The number of carbonyl (C=O) groups excluding carboxylic acids is 1. The summed E-state index contributed by atoms with van der Waals surface area (Å²) in [7, 11) is -0.428. The van der Waals surface area contributed by atoms with Crippen molar-refractivity contribution < 1.29 is 14.0 Å². The third kappa shape index (κ3) is 3.11. The quantitative estimate of drug-likeness (QED) is 0.436. The molecule has 0 saturated heterocycles. The molecule has 0 amide bonds. The Labute approximate surface area is 131 Å². The molecule has 2 atom stereocenters. The van der Waals surface area contributed by atoms with Crippen molar-refractivity contribution in [1.82, 2.24) is 0 Å². The Morgan fingerprint density at radius 1 is 1.24 bits per heavy atom. The Balaban J connectivity index is 3.13. The fraction of sp³-hybridized carbons (Fsp3) is 0.824. The summed E-state index contributed by atoms with van der Waals surface area (Å²) >= 11 is 0. The van der Waals surface area contributed by atoms with Gasteiger partial charge in [-0.2, -0.15) is 0 Å². The minimum atomic E-state index is -1.89. The van der Waals surface area contributed by atoms with Crippen molar-refractivity contribution in [2.75, 3.05) is 7.11 Å². The fourth-order valence-electron chi connectivity index (χ4n) is 2.50. The molecule has 1 aliphatic rings. The number of rotatable bonds is 3. The molecule has 0 heterocycles. The molecule has 0 aromatic rings. The summed E-state index contributed by atoms with van der Waals surface area (Å²) in [5.41, 5.74) is -0.853. The molecule has 0 spiro atoms. The first-order chi connectivity index (χ1) is 9.29. The van der Waals surface area contributed by atoms with Crippen molar-refractivity contribution in [3.05, 3.63) is 12.2 Å². The molecule has 1 rings (SSSR count). The van der Waals surface area contributed by atoms with E-state index in [2.05, 4.69) is 59.9 Å². The van der Waals surface area contributed by atoms with E-state index in [9.17, 15) is 4.79 Å². The van der Waals surface area contributed by atoms with E-state index in [0.717, 1.165) is 0 Å². The van der Waals surface area contributed by atoms with E-state index in [1.807, 2.05) is 6.92 Å². The Kier molecular flexibility index (Phi) is 4.87. The van der Waals surface area contributed by atoms with Crippen LogP contribution in [0.5, 0.6) is 0 Å². The maximum Gasteiger partial charge on any atom is 0.312 e. The van der Waals surface area contributed by atoms with Gasteiger partial charge in [-0.05, 0) is 31.5 Å². The van der Waals surface area contributed by atoms with Gasteiger partial charge in [0.15, 0.2) is 8.32 Å². The van der Waals surface area contributed by atoms with Crippen LogP contribution in [0.25, 0.3) is 0 Å². The second-order valence-corrected chi connectivity index (χ2v) is 13.2. The lowest BCUT2D eigenvalue weighted by Gasteiger charge is -2.51. The molecule has 0 unspecified atom stereocenters. The van der Waals surface area contributed by atoms with E-state index in [1.165, 1.54) is 7.11 Å². The Morgan fingerprint density at radius 2 is 1.76 bits per heavy atom. The van der Waals surface area contributed by atoms with Crippen molar-refractivity contribution in [3.63, 3.8) is 0 Å². The highest BCUT2D eigenvalue weighted by atomic mass is 28.4. The molecule has 0 aliphatic heterocycles. The zero-order chi connectivity index (χ0) is 16.7. The van der Waals surface area contributed by atoms with Gasteiger partial charge in [0.1, 0.15) is 0 Å².